The van der Waals surface area contributed by atoms with Crippen LogP contribution in [0.25, 0.3) is 0 Å². The number of aliphatic hydroxyl groups excluding tert-OH is 1. The van der Waals surface area contributed by atoms with Crippen LogP contribution in [0.1, 0.15) is 65.7 Å². The molecule has 0 aromatic heterocycles. The Bertz CT molecular complexity index is 749. The molecule has 4 aliphatic rings. The van der Waals surface area contributed by atoms with Gasteiger partial charge in [0.2, 0.25) is 0 Å². The largest absolute Gasteiger partial charge is 0.388 e. The highest BCUT2D eigenvalue weighted by atomic mass is 16.3. The van der Waals surface area contributed by atoms with E-state index in [4.69, 9.17) is 0 Å². The molecule has 4 rings (SSSR count). The van der Waals surface area contributed by atoms with Crippen molar-refractivity contribution in [2.24, 2.45) is 28.6 Å². The van der Waals surface area contributed by atoms with Gasteiger partial charge in [0.25, 0.3) is 0 Å². The standard InChI is InChI=1S/C23H32O4/c1-4-14-7-9-21(2)15(11-14)5-6-16-17-8-10-23(27,19(26)13-24)22(17,3)12-18(25)20(16)21/h4,11,16-17,20,24,27H,5-10,12-13H2,1-3H3/b14-4+/t16-,17-,20+,21-,22-,23-/m0/s1. The smallest absolute Gasteiger partial charge is 0.190 e. The van der Waals surface area contributed by atoms with E-state index in [0.717, 1.165) is 32.1 Å². The third kappa shape index (κ3) is 2.35. The quantitative estimate of drug-likeness (QED) is 0.779. The molecule has 0 spiro atoms. The lowest BCUT2D eigenvalue weighted by Gasteiger charge is -2.58. The van der Waals surface area contributed by atoms with Gasteiger partial charge in [-0.15, -0.1) is 0 Å². The normalized spacial score (nSPS) is 47.9. The number of ketones is 2. The number of allylic oxidation sites excluding steroid dienone is 4. The molecule has 27 heavy (non-hydrogen) atoms. The Hall–Kier alpha value is -1.26. The highest BCUT2D eigenvalue weighted by Gasteiger charge is 2.68. The van der Waals surface area contributed by atoms with Crippen molar-refractivity contribution in [2.75, 3.05) is 6.61 Å². The van der Waals surface area contributed by atoms with Crippen LogP contribution >= 0.6 is 0 Å². The molecular weight excluding hydrogens is 340 g/mol. The molecule has 4 aliphatic carbocycles. The maximum Gasteiger partial charge on any atom is 0.190 e. The third-order valence-corrected chi connectivity index (χ3v) is 8.85. The van der Waals surface area contributed by atoms with Gasteiger partial charge in [0.05, 0.1) is 0 Å². The van der Waals surface area contributed by atoms with E-state index in [1.165, 1.54) is 11.1 Å². The zero-order chi connectivity index (χ0) is 19.6. The van der Waals surface area contributed by atoms with E-state index in [1.54, 1.807) is 0 Å². The van der Waals surface area contributed by atoms with Crippen molar-refractivity contribution in [1.29, 1.82) is 0 Å². The molecule has 0 unspecified atom stereocenters. The summed E-state index contributed by atoms with van der Waals surface area (Å²) in [6.07, 6.45) is 9.86. The lowest BCUT2D eigenvalue weighted by molar-refractivity contribution is -0.170. The molecule has 0 amide bonds. The first kappa shape index (κ1) is 19.1. The number of rotatable bonds is 2. The number of carbonyl (C=O) groups excluding carboxylic acids is 2. The zero-order valence-electron chi connectivity index (χ0n) is 16.8. The molecule has 0 aromatic carbocycles. The van der Waals surface area contributed by atoms with E-state index in [2.05, 4.69) is 26.0 Å². The van der Waals surface area contributed by atoms with Crippen molar-refractivity contribution >= 4 is 11.6 Å². The fraction of sp³-hybridized carbons (Fsp3) is 0.739. The SMILES string of the molecule is C/C=C1/C=C2CC[C@@H]3[C@H](C(=O)C[C@@]4(C)[C@H]3CC[C@]4(O)C(=O)CO)[C@@]2(C)CC1. The van der Waals surface area contributed by atoms with Gasteiger partial charge in [-0.05, 0) is 62.7 Å². The molecule has 0 bridgehead atoms. The Labute approximate surface area is 161 Å². The first-order chi connectivity index (χ1) is 12.7. The van der Waals surface area contributed by atoms with Crippen molar-refractivity contribution in [2.45, 2.75) is 71.3 Å². The first-order valence-electron chi connectivity index (χ1n) is 10.5. The van der Waals surface area contributed by atoms with Gasteiger partial charge < -0.3 is 10.2 Å². The highest BCUT2D eigenvalue weighted by Crippen LogP contribution is 2.66. The number of fused-ring (bicyclic) bond motifs is 5. The van der Waals surface area contributed by atoms with E-state index in [9.17, 15) is 19.8 Å². The van der Waals surface area contributed by atoms with Crippen LogP contribution in [-0.2, 0) is 9.59 Å². The maximum absolute atomic E-state index is 13.5. The van der Waals surface area contributed by atoms with Crippen molar-refractivity contribution in [3.05, 3.63) is 23.3 Å². The number of aliphatic hydroxyl groups is 2. The van der Waals surface area contributed by atoms with Crippen LogP contribution in [-0.4, -0.2) is 34.0 Å². The van der Waals surface area contributed by atoms with Crippen LogP contribution in [0.15, 0.2) is 23.3 Å². The Kier molecular flexibility index (Phi) is 4.32. The van der Waals surface area contributed by atoms with Gasteiger partial charge >= 0.3 is 0 Å². The highest BCUT2D eigenvalue weighted by molar-refractivity contribution is 5.92. The topological polar surface area (TPSA) is 74.6 Å². The Morgan fingerprint density at radius 2 is 2.00 bits per heavy atom. The van der Waals surface area contributed by atoms with Crippen LogP contribution in [0.4, 0.5) is 0 Å². The minimum atomic E-state index is -1.56. The molecule has 0 saturated heterocycles. The molecule has 3 saturated carbocycles. The van der Waals surface area contributed by atoms with Gasteiger partial charge in [0.15, 0.2) is 5.78 Å². The van der Waals surface area contributed by atoms with Crippen molar-refractivity contribution in [3.63, 3.8) is 0 Å². The third-order valence-electron chi connectivity index (χ3n) is 8.85. The van der Waals surface area contributed by atoms with Gasteiger partial charge in [-0.3, -0.25) is 9.59 Å². The first-order valence-corrected chi connectivity index (χ1v) is 10.5. The Morgan fingerprint density at radius 3 is 2.67 bits per heavy atom. The van der Waals surface area contributed by atoms with E-state index in [-0.39, 0.29) is 35.4 Å². The molecule has 3 fully saturated rings. The minimum Gasteiger partial charge on any atom is -0.388 e. The molecule has 0 aromatic rings. The van der Waals surface area contributed by atoms with E-state index < -0.39 is 23.4 Å². The molecular formula is C23H32O4. The lowest BCUT2D eigenvalue weighted by atomic mass is 9.45. The molecule has 6 atom stereocenters. The molecule has 4 heteroatoms. The number of hydrogen-bond donors (Lipinski definition) is 2. The second-order valence-corrected chi connectivity index (χ2v) is 9.78. The van der Waals surface area contributed by atoms with Crippen LogP contribution in [0.2, 0.25) is 0 Å². The van der Waals surface area contributed by atoms with Crippen molar-refractivity contribution < 1.29 is 19.8 Å². The monoisotopic (exact) mass is 372 g/mol. The predicted octanol–water partition coefficient (Wildman–Crippen LogP) is 3.37. The predicted molar refractivity (Wildman–Crippen MR) is 103 cm³/mol. The number of hydrogen-bond acceptors (Lipinski definition) is 4. The lowest BCUT2D eigenvalue weighted by Crippen LogP contribution is -2.60. The van der Waals surface area contributed by atoms with Gasteiger partial charge in [0, 0.05) is 17.8 Å². The van der Waals surface area contributed by atoms with Gasteiger partial charge in [-0.2, -0.15) is 0 Å². The number of carbonyl (C=O) groups is 2. The molecule has 0 radical (unpaired) electrons. The van der Waals surface area contributed by atoms with Crippen molar-refractivity contribution in [1.82, 2.24) is 0 Å². The van der Waals surface area contributed by atoms with Gasteiger partial charge in [0.1, 0.15) is 18.0 Å². The molecule has 148 valence electrons. The van der Waals surface area contributed by atoms with E-state index in [0.29, 0.717) is 6.42 Å². The van der Waals surface area contributed by atoms with Gasteiger partial charge in [-0.25, -0.2) is 0 Å². The zero-order valence-corrected chi connectivity index (χ0v) is 16.8. The van der Waals surface area contributed by atoms with Crippen LogP contribution in [0.5, 0.6) is 0 Å². The molecule has 0 heterocycles. The Morgan fingerprint density at radius 1 is 1.26 bits per heavy atom. The summed E-state index contributed by atoms with van der Waals surface area (Å²) in [6, 6.07) is 0. The Balaban J connectivity index is 1.74. The number of Topliss-reactive ketones (excluding diaryl/α,β-unsaturated/α-hetero) is 2. The average Bonchev–Trinajstić information content (AvgIpc) is 2.91. The van der Waals surface area contributed by atoms with Crippen LogP contribution in [0.3, 0.4) is 0 Å². The van der Waals surface area contributed by atoms with Crippen molar-refractivity contribution in [3.8, 4) is 0 Å². The fourth-order valence-electron chi connectivity index (χ4n) is 7.25. The van der Waals surface area contributed by atoms with Crippen LogP contribution < -0.4 is 0 Å². The summed E-state index contributed by atoms with van der Waals surface area (Å²) in [5.74, 6) is 0.0902. The molecule has 2 N–H and O–H groups in total. The molecule has 0 aliphatic heterocycles. The second kappa shape index (κ2) is 6.12. The van der Waals surface area contributed by atoms with Gasteiger partial charge in [-0.1, -0.05) is 37.1 Å². The summed E-state index contributed by atoms with van der Waals surface area (Å²) in [4.78, 5) is 25.9. The maximum atomic E-state index is 13.5. The summed E-state index contributed by atoms with van der Waals surface area (Å²) in [6.45, 7) is 5.61. The minimum absolute atomic E-state index is 0.000518. The summed E-state index contributed by atoms with van der Waals surface area (Å²) < 4.78 is 0. The van der Waals surface area contributed by atoms with Crippen LogP contribution in [0, 0.1) is 28.6 Å². The average molecular weight is 373 g/mol. The van der Waals surface area contributed by atoms with E-state index >= 15 is 0 Å². The summed E-state index contributed by atoms with van der Waals surface area (Å²) in [5.41, 5.74) is 0.397. The summed E-state index contributed by atoms with van der Waals surface area (Å²) in [7, 11) is 0. The second-order valence-electron chi connectivity index (χ2n) is 9.78. The summed E-state index contributed by atoms with van der Waals surface area (Å²) >= 11 is 0. The van der Waals surface area contributed by atoms with E-state index in [1.807, 2.05) is 6.92 Å². The molecule has 4 nitrogen and oxygen atoms in total. The fourth-order valence-corrected chi connectivity index (χ4v) is 7.25. The summed E-state index contributed by atoms with van der Waals surface area (Å²) in [5, 5.41) is 20.6.